The van der Waals surface area contributed by atoms with Gasteiger partial charge in [0.2, 0.25) is 5.91 Å². The zero-order valence-electron chi connectivity index (χ0n) is 10.4. The second-order valence-corrected chi connectivity index (χ2v) is 5.20. The predicted octanol–water partition coefficient (Wildman–Crippen LogP) is 0.827. The highest BCUT2D eigenvalue weighted by Gasteiger charge is 2.29. The Hall–Kier alpha value is -1.55. The van der Waals surface area contributed by atoms with Crippen molar-refractivity contribution in [2.45, 2.75) is 24.8 Å². The molecule has 1 atom stereocenters. The Balaban J connectivity index is 1.77. The lowest BCUT2D eigenvalue weighted by Gasteiger charge is -2.29. The monoisotopic (exact) mass is 245 g/mol. The number of nitrogens with one attached hydrogen (secondary N) is 1. The molecule has 1 amide bonds. The van der Waals surface area contributed by atoms with E-state index in [1.165, 1.54) is 5.56 Å². The van der Waals surface area contributed by atoms with E-state index in [1.807, 2.05) is 0 Å². The first-order chi connectivity index (χ1) is 8.75. The van der Waals surface area contributed by atoms with Crippen molar-refractivity contribution in [3.05, 3.63) is 29.8 Å². The first-order valence-electron chi connectivity index (χ1n) is 6.62. The quantitative estimate of drug-likeness (QED) is 0.829. The Kier molecular flexibility index (Phi) is 2.96. The van der Waals surface area contributed by atoms with Crippen LogP contribution in [0.15, 0.2) is 24.3 Å². The third-order valence-corrected chi connectivity index (χ3v) is 4.06. The highest BCUT2D eigenvalue weighted by atomic mass is 16.1. The molecule has 2 saturated heterocycles. The molecule has 0 spiro atoms. The van der Waals surface area contributed by atoms with Crippen molar-refractivity contribution in [1.29, 1.82) is 0 Å². The maximum atomic E-state index is 11.4. The van der Waals surface area contributed by atoms with Gasteiger partial charge in [-0.05, 0) is 30.5 Å². The Morgan fingerprint density at radius 2 is 2.00 bits per heavy atom. The summed E-state index contributed by atoms with van der Waals surface area (Å²) in [5, 5.41) is 3.28. The van der Waals surface area contributed by atoms with Gasteiger partial charge in [0.1, 0.15) is 6.04 Å². The molecule has 96 valence electrons. The molecular formula is C14H19N3O. The summed E-state index contributed by atoms with van der Waals surface area (Å²) in [5.74, 6) is 0.448. The van der Waals surface area contributed by atoms with Gasteiger partial charge >= 0.3 is 0 Å². The highest BCUT2D eigenvalue weighted by molar-refractivity contribution is 5.84. The second-order valence-electron chi connectivity index (χ2n) is 5.20. The summed E-state index contributed by atoms with van der Waals surface area (Å²) in [6.45, 7) is 3.08. The van der Waals surface area contributed by atoms with E-state index in [0.29, 0.717) is 5.92 Å². The maximum Gasteiger partial charge on any atom is 0.240 e. The van der Waals surface area contributed by atoms with Crippen LogP contribution in [0.3, 0.4) is 0 Å². The van der Waals surface area contributed by atoms with Crippen molar-refractivity contribution < 1.29 is 4.79 Å². The zero-order chi connectivity index (χ0) is 12.5. The molecule has 2 aliphatic rings. The lowest BCUT2D eigenvalue weighted by atomic mass is 9.93. The molecule has 0 saturated carbocycles. The minimum absolute atomic E-state index is 0.124. The molecule has 4 nitrogen and oxygen atoms in total. The number of nitrogens with zero attached hydrogens (tertiary/aromatic N) is 1. The number of carbonyl (C=O) groups is 1. The Morgan fingerprint density at radius 1 is 1.28 bits per heavy atom. The van der Waals surface area contributed by atoms with E-state index in [9.17, 15) is 4.79 Å². The van der Waals surface area contributed by atoms with Gasteiger partial charge in [-0.1, -0.05) is 12.1 Å². The molecule has 3 rings (SSSR count). The third-order valence-electron chi connectivity index (χ3n) is 4.06. The molecule has 0 aromatic heterocycles. The number of nitrogens with two attached hydrogens (primary N) is 1. The fraction of sp³-hybridized carbons (Fsp3) is 0.500. The summed E-state index contributed by atoms with van der Waals surface area (Å²) >= 11 is 0. The van der Waals surface area contributed by atoms with Crippen LogP contribution in [0.5, 0.6) is 0 Å². The molecule has 2 fully saturated rings. The molecule has 3 N–H and O–H groups in total. The minimum Gasteiger partial charge on any atom is -0.368 e. The lowest BCUT2D eigenvalue weighted by Crippen LogP contribution is -2.41. The van der Waals surface area contributed by atoms with Gasteiger partial charge in [-0.15, -0.1) is 0 Å². The normalized spacial score (nSPS) is 24.0. The van der Waals surface area contributed by atoms with E-state index in [2.05, 4.69) is 34.5 Å². The van der Waals surface area contributed by atoms with Gasteiger partial charge in [-0.3, -0.25) is 4.79 Å². The SMILES string of the molecule is NC(=O)C1CCCN1c1ccc(C2CNC2)cc1. The van der Waals surface area contributed by atoms with Crippen LogP contribution in [0.25, 0.3) is 0 Å². The Bertz CT molecular complexity index is 439. The average molecular weight is 245 g/mol. The Labute approximate surface area is 107 Å². The maximum absolute atomic E-state index is 11.4. The molecule has 2 aliphatic heterocycles. The molecule has 2 heterocycles. The van der Waals surface area contributed by atoms with Gasteiger partial charge in [-0.2, -0.15) is 0 Å². The summed E-state index contributed by atoms with van der Waals surface area (Å²) in [7, 11) is 0. The van der Waals surface area contributed by atoms with Crippen LogP contribution in [0.4, 0.5) is 5.69 Å². The first-order valence-corrected chi connectivity index (χ1v) is 6.62. The van der Waals surface area contributed by atoms with Crippen LogP contribution in [0.2, 0.25) is 0 Å². The molecule has 4 heteroatoms. The molecule has 0 radical (unpaired) electrons. The average Bonchev–Trinajstić information content (AvgIpc) is 2.76. The number of amides is 1. The summed E-state index contributed by atoms with van der Waals surface area (Å²) < 4.78 is 0. The van der Waals surface area contributed by atoms with E-state index >= 15 is 0 Å². The van der Waals surface area contributed by atoms with Gasteiger partial charge in [0.05, 0.1) is 0 Å². The van der Waals surface area contributed by atoms with Crippen LogP contribution in [-0.2, 0) is 4.79 Å². The zero-order valence-corrected chi connectivity index (χ0v) is 10.4. The molecule has 18 heavy (non-hydrogen) atoms. The largest absolute Gasteiger partial charge is 0.368 e. The fourth-order valence-electron chi connectivity index (χ4n) is 2.83. The van der Waals surface area contributed by atoms with Crippen molar-refractivity contribution in [3.8, 4) is 0 Å². The molecule has 1 aromatic rings. The minimum atomic E-state index is -0.209. The predicted molar refractivity (Wildman–Crippen MR) is 71.6 cm³/mol. The van der Waals surface area contributed by atoms with Crippen LogP contribution >= 0.6 is 0 Å². The Morgan fingerprint density at radius 3 is 2.56 bits per heavy atom. The van der Waals surface area contributed by atoms with Crippen molar-refractivity contribution in [2.24, 2.45) is 5.73 Å². The third kappa shape index (κ3) is 1.97. The molecule has 1 unspecified atom stereocenters. The van der Waals surface area contributed by atoms with Crippen LogP contribution in [0.1, 0.15) is 24.3 Å². The number of hydrogen-bond acceptors (Lipinski definition) is 3. The van der Waals surface area contributed by atoms with Crippen molar-refractivity contribution in [2.75, 3.05) is 24.5 Å². The molecule has 0 aliphatic carbocycles. The summed E-state index contributed by atoms with van der Waals surface area (Å²) in [6.07, 6.45) is 1.92. The lowest BCUT2D eigenvalue weighted by molar-refractivity contribution is -0.119. The van der Waals surface area contributed by atoms with Crippen LogP contribution < -0.4 is 16.0 Å². The molecule has 0 bridgehead atoms. The van der Waals surface area contributed by atoms with Crippen molar-refractivity contribution in [1.82, 2.24) is 5.32 Å². The van der Waals surface area contributed by atoms with Gasteiger partial charge in [0.25, 0.3) is 0 Å². The number of benzene rings is 1. The van der Waals surface area contributed by atoms with E-state index in [0.717, 1.165) is 38.2 Å². The highest BCUT2D eigenvalue weighted by Crippen LogP contribution is 2.28. The van der Waals surface area contributed by atoms with Gasteiger partial charge in [-0.25, -0.2) is 0 Å². The van der Waals surface area contributed by atoms with E-state index in [4.69, 9.17) is 5.73 Å². The number of anilines is 1. The summed E-state index contributed by atoms with van der Waals surface area (Å²) in [6, 6.07) is 8.47. The number of rotatable bonds is 3. The van der Waals surface area contributed by atoms with Gasteiger partial charge in [0.15, 0.2) is 0 Å². The van der Waals surface area contributed by atoms with E-state index in [-0.39, 0.29) is 11.9 Å². The number of carbonyl (C=O) groups excluding carboxylic acids is 1. The van der Waals surface area contributed by atoms with Gasteiger partial charge < -0.3 is 16.0 Å². The van der Waals surface area contributed by atoms with E-state index < -0.39 is 0 Å². The summed E-state index contributed by atoms with van der Waals surface area (Å²) in [5.41, 5.74) is 7.95. The first kappa shape index (κ1) is 11.5. The fourth-order valence-corrected chi connectivity index (χ4v) is 2.83. The second kappa shape index (κ2) is 4.61. The topological polar surface area (TPSA) is 58.4 Å². The number of hydrogen-bond donors (Lipinski definition) is 2. The standard InChI is InChI=1S/C14H19N3O/c15-14(18)13-2-1-7-17(13)12-5-3-10(4-6-12)11-8-16-9-11/h3-6,11,13,16H,1-2,7-9H2,(H2,15,18). The molecule has 1 aromatic carbocycles. The summed E-state index contributed by atoms with van der Waals surface area (Å²) in [4.78, 5) is 13.5. The molecular weight excluding hydrogens is 226 g/mol. The van der Waals surface area contributed by atoms with Gasteiger partial charge in [0, 0.05) is 31.2 Å². The van der Waals surface area contributed by atoms with Crippen molar-refractivity contribution in [3.63, 3.8) is 0 Å². The smallest absolute Gasteiger partial charge is 0.240 e. The van der Waals surface area contributed by atoms with Crippen LogP contribution in [-0.4, -0.2) is 31.6 Å². The van der Waals surface area contributed by atoms with Crippen LogP contribution in [0, 0.1) is 0 Å². The number of primary amides is 1. The van der Waals surface area contributed by atoms with E-state index in [1.54, 1.807) is 0 Å². The van der Waals surface area contributed by atoms with Crippen molar-refractivity contribution >= 4 is 11.6 Å².